The monoisotopic (exact) mass is 1630 g/mol. The topological polar surface area (TPSA) is 11.4 Å². The number of nitrogens with zero attached hydrogens (tertiary/aromatic N) is 3. The Labute approximate surface area is 748 Å². The van der Waals surface area contributed by atoms with E-state index in [2.05, 4.69) is 481 Å². The van der Waals surface area contributed by atoms with Gasteiger partial charge < -0.3 is 14.4 Å². The van der Waals surface area contributed by atoms with Crippen LogP contribution in [-0.4, -0.2) is 11.3 Å². The molecule has 19 aromatic carbocycles. The first-order chi connectivity index (χ1) is 62.8. The van der Waals surface area contributed by atoms with E-state index in [0.717, 1.165) is 106 Å². The maximum atomic E-state index is 2.72. The molecule has 2 aliphatic heterocycles. The molecule has 4 aliphatic carbocycles. The molecule has 128 heavy (non-hydrogen) atoms. The summed E-state index contributed by atoms with van der Waals surface area (Å²) in [5, 5.41) is 2.47. The van der Waals surface area contributed by atoms with Crippen LogP contribution < -0.4 is 26.2 Å². The van der Waals surface area contributed by atoms with Gasteiger partial charge in [0.2, 0.25) is 0 Å². The standard InChI is InChI=1S/C124H88BN3/c1-121(2,3)83-61-65-114-100(69-83)101-70-84(122(4,5)6)62-66-115(101)126(114)85-71-118-120-119(72-85)128(113-58-34-26-44-87(113)82-60-64-109-99(68-82)93-50-24-32-56-107(93)124(109)104-53-29-21-47-90(104)91-48-22-30-54-105(91)124)117-76-97(80-41-17-10-18-42-80)95(78-37-13-8-14-38-78)74-111(117)125(120)110-73-94(77-35-11-7-12-36-77)96(79-39-15-9-16-40-79)75-116(110)127(118)112-57-33-25-43-86(112)81-59-63-108-98(67-81)92-49-23-31-55-106(92)123(108)102-51-27-19-45-88(102)89-46-20-28-52-103(89)123/h7-76H,1-6H3. The summed E-state index contributed by atoms with van der Waals surface area (Å²) >= 11 is 0. The predicted octanol–water partition coefficient (Wildman–Crippen LogP) is 30.2. The van der Waals surface area contributed by atoms with Crippen LogP contribution in [0.3, 0.4) is 0 Å². The fourth-order valence-corrected chi connectivity index (χ4v) is 23.7. The van der Waals surface area contributed by atoms with E-state index in [-0.39, 0.29) is 17.5 Å². The summed E-state index contributed by atoms with van der Waals surface area (Å²) in [6, 6.07) is 164. The Bertz CT molecular complexity index is 7540. The Hall–Kier alpha value is -15.4. The lowest BCUT2D eigenvalue weighted by Crippen LogP contribution is -2.61. The molecule has 4 heteroatoms. The first-order valence-electron chi connectivity index (χ1n) is 45.3. The third-order valence-electron chi connectivity index (χ3n) is 29.3. The second-order valence-corrected chi connectivity index (χ2v) is 38.0. The molecular weight excluding hydrogens is 1540 g/mol. The molecule has 26 rings (SSSR count). The molecule has 0 amide bonds. The van der Waals surface area contributed by atoms with Crippen molar-refractivity contribution in [1.29, 1.82) is 0 Å². The van der Waals surface area contributed by atoms with Gasteiger partial charge in [0, 0.05) is 44.6 Å². The van der Waals surface area contributed by atoms with Gasteiger partial charge in [0.25, 0.3) is 6.71 Å². The summed E-state index contributed by atoms with van der Waals surface area (Å²) in [7, 11) is 0. The summed E-state index contributed by atoms with van der Waals surface area (Å²) in [6.45, 7) is 13.8. The van der Waals surface area contributed by atoms with Crippen LogP contribution in [0.15, 0.2) is 425 Å². The van der Waals surface area contributed by atoms with Gasteiger partial charge in [-0.1, -0.05) is 393 Å². The molecule has 0 fully saturated rings. The summed E-state index contributed by atoms with van der Waals surface area (Å²) in [5.74, 6) is 0. The van der Waals surface area contributed by atoms with Gasteiger partial charge in [-0.2, -0.15) is 0 Å². The minimum atomic E-state index is -0.510. The number of rotatable bonds is 9. The molecule has 20 aromatic rings. The summed E-state index contributed by atoms with van der Waals surface area (Å²) in [5.41, 5.74) is 49.5. The van der Waals surface area contributed by atoms with Crippen molar-refractivity contribution in [2.75, 3.05) is 9.80 Å². The molecule has 0 atom stereocenters. The Morgan fingerprint density at radius 3 is 0.812 bits per heavy atom. The van der Waals surface area contributed by atoms with Crippen molar-refractivity contribution in [3.05, 3.63) is 480 Å². The zero-order valence-corrected chi connectivity index (χ0v) is 72.3. The van der Waals surface area contributed by atoms with Crippen LogP contribution in [0.2, 0.25) is 0 Å². The zero-order chi connectivity index (χ0) is 85.2. The third kappa shape index (κ3) is 10.5. The number of fused-ring (bicyclic) bond motifs is 27. The third-order valence-corrected chi connectivity index (χ3v) is 29.3. The Kier molecular flexibility index (Phi) is 16.0. The zero-order valence-electron chi connectivity index (χ0n) is 72.3. The average molecular weight is 1630 g/mol. The highest BCUT2D eigenvalue weighted by atomic mass is 15.2. The molecule has 0 unspecified atom stereocenters. The van der Waals surface area contributed by atoms with Gasteiger partial charge in [0.05, 0.1) is 38.9 Å². The molecule has 2 spiro atoms. The number of para-hydroxylation sites is 2. The van der Waals surface area contributed by atoms with E-state index in [9.17, 15) is 0 Å². The second kappa shape index (κ2) is 27.6. The van der Waals surface area contributed by atoms with Crippen LogP contribution in [0.4, 0.5) is 34.1 Å². The lowest BCUT2D eigenvalue weighted by molar-refractivity contribution is 0.590. The average Bonchev–Trinajstić information content (AvgIpc) is 1.51. The quantitative estimate of drug-likeness (QED) is 0.133. The van der Waals surface area contributed by atoms with Crippen molar-refractivity contribution in [2.45, 2.75) is 63.2 Å². The highest BCUT2D eigenvalue weighted by Crippen LogP contribution is 2.66. The van der Waals surface area contributed by atoms with E-state index < -0.39 is 10.8 Å². The molecule has 0 saturated carbocycles. The van der Waals surface area contributed by atoms with Crippen molar-refractivity contribution < 1.29 is 0 Å². The fourth-order valence-electron chi connectivity index (χ4n) is 23.7. The molecule has 0 radical (unpaired) electrons. The van der Waals surface area contributed by atoms with Gasteiger partial charge in [0.15, 0.2) is 0 Å². The maximum absolute atomic E-state index is 2.72. The Morgan fingerprint density at radius 1 is 0.203 bits per heavy atom. The first-order valence-corrected chi connectivity index (χ1v) is 45.3. The number of anilines is 6. The predicted molar refractivity (Wildman–Crippen MR) is 537 cm³/mol. The van der Waals surface area contributed by atoms with Gasteiger partial charge in [-0.3, -0.25) is 0 Å². The van der Waals surface area contributed by atoms with Crippen molar-refractivity contribution >= 4 is 79.0 Å². The van der Waals surface area contributed by atoms with E-state index in [1.54, 1.807) is 0 Å². The number of hydrogen-bond acceptors (Lipinski definition) is 2. The van der Waals surface area contributed by atoms with Crippen LogP contribution in [0.25, 0.3) is 139 Å². The number of hydrogen-bond donors (Lipinski definition) is 0. The van der Waals surface area contributed by atoms with Crippen LogP contribution >= 0.6 is 0 Å². The highest BCUT2D eigenvalue weighted by Gasteiger charge is 2.54. The van der Waals surface area contributed by atoms with Crippen molar-refractivity contribution in [2.24, 2.45) is 0 Å². The molecule has 0 saturated heterocycles. The molecule has 0 bridgehead atoms. The van der Waals surface area contributed by atoms with Gasteiger partial charge in [0.1, 0.15) is 0 Å². The largest absolute Gasteiger partial charge is 0.311 e. The van der Waals surface area contributed by atoms with E-state index in [1.807, 2.05) is 0 Å². The highest BCUT2D eigenvalue weighted by molar-refractivity contribution is 7.00. The molecule has 3 nitrogen and oxygen atoms in total. The maximum Gasteiger partial charge on any atom is 0.252 e. The summed E-state index contributed by atoms with van der Waals surface area (Å²) in [6.07, 6.45) is 0. The first kappa shape index (κ1) is 74.1. The van der Waals surface area contributed by atoms with Gasteiger partial charge in [-0.15, -0.1) is 0 Å². The molecule has 602 valence electrons. The molecule has 3 heterocycles. The minimum Gasteiger partial charge on any atom is -0.311 e. The van der Waals surface area contributed by atoms with Crippen molar-refractivity contribution in [1.82, 2.24) is 4.57 Å². The SMILES string of the molecule is CC(C)(C)c1ccc2c(c1)c1cc(C(C)(C)C)ccc1n2-c1cc2c3c(c1)N(c1ccccc1-c1ccc4c(c1)-c1ccccc1C41c4ccccc4-c4ccccc41)c1cc(-c4ccccc4)c(-c4ccccc4)cc1B3c1cc(-c3ccccc3)c(-c3ccccc3)cc1N2c1ccccc1-c1ccc2c(c1)-c1ccccc1C21c2ccccc2-c2ccccc21. The molecular formula is C124H88BN3. The van der Waals surface area contributed by atoms with E-state index in [4.69, 9.17) is 0 Å². The van der Waals surface area contributed by atoms with E-state index >= 15 is 0 Å². The summed E-state index contributed by atoms with van der Waals surface area (Å²) in [4.78, 5) is 5.44. The van der Waals surface area contributed by atoms with Crippen LogP contribution in [0.5, 0.6) is 0 Å². The van der Waals surface area contributed by atoms with E-state index in [0.29, 0.717) is 0 Å². The lowest BCUT2D eigenvalue weighted by Gasteiger charge is -2.46. The lowest BCUT2D eigenvalue weighted by atomic mass is 9.33. The number of aromatic nitrogens is 1. The van der Waals surface area contributed by atoms with Gasteiger partial charge in [-0.25, -0.2) is 0 Å². The van der Waals surface area contributed by atoms with Gasteiger partial charge >= 0.3 is 0 Å². The van der Waals surface area contributed by atoms with E-state index in [1.165, 1.54) is 138 Å². The van der Waals surface area contributed by atoms with Crippen molar-refractivity contribution in [3.8, 4) is 117 Å². The number of benzene rings is 19. The van der Waals surface area contributed by atoms with Crippen molar-refractivity contribution in [3.63, 3.8) is 0 Å². The van der Waals surface area contributed by atoms with Crippen LogP contribution in [0.1, 0.15) is 97.2 Å². The molecule has 6 aliphatic rings. The summed E-state index contributed by atoms with van der Waals surface area (Å²) < 4.78 is 2.62. The molecule has 0 N–H and O–H groups in total. The smallest absolute Gasteiger partial charge is 0.252 e. The second-order valence-electron chi connectivity index (χ2n) is 38.0. The molecule has 1 aromatic heterocycles. The van der Waals surface area contributed by atoms with Crippen LogP contribution in [-0.2, 0) is 21.7 Å². The fraction of sp³-hybridized carbons (Fsp3) is 0.0806. The minimum absolute atomic E-state index is 0.121. The van der Waals surface area contributed by atoms with Crippen LogP contribution in [0, 0.1) is 0 Å². The Balaban J connectivity index is 0.800. The normalized spacial score (nSPS) is 13.9. The van der Waals surface area contributed by atoms with Gasteiger partial charge in [-0.05, 0) is 256 Å². The Morgan fingerprint density at radius 2 is 0.484 bits per heavy atom.